The maximum absolute atomic E-state index is 12.3. The highest BCUT2D eigenvalue weighted by Crippen LogP contribution is 2.35. The van der Waals surface area contributed by atoms with Gasteiger partial charge in [0.1, 0.15) is 0 Å². The number of Topliss-reactive ketones (excluding diaryl/α,β-unsaturated/α-hetero) is 1. The molecule has 1 aliphatic carbocycles. The van der Waals surface area contributed by atoms with E-state index in [4.69, 9.17) is 0 Å². The molecule has 1 aromatic heterocycles. The fraction of sp³-hybridized carbons (Fsp3) is 0.722. The predicted octanol–water partition coefficient (Wildman–Crippen LogP) is 3.52. The van der Waals surface area contributed by atoms with Gasteiger partial charge in [-0.2, -0.15) is 0 Å². The number of nitrogens with zero attached hydrogens (tertiary/aromatic N) is 2. The largest absolute Gasteiger partial charge is 0.349 e. The van der Waals surface area contributed by atoms with Crippen molar-refractivity contribution >= 4 is 5.78 Å². The van der Waals surface area contributed by atoms with Crippen LogP contribution in [0, 0.1) is 5.41 Å². The molecule has 0 N–H and O–H groups in total. The quantitative estimate of drug-likeness (QED) is 0.850. The van der Waals surface area contributed by atoms with Crippen molar-refractivity contribution < 1.29 is 4.79 Å². The average molecular weight is 288 g/mol. The van der Waals surface area contributed by atoms with E-state index >= 15 is 0 Å². The highest BCUT2D eigenvalue weighted by Gasteiger charge is 2.33. The van der Waals surface area contributed by atoms with Crippen LogP contribution in [0.25, 0.3) is 0 Å². The lowest BCUT2D eigenvalue weighted by Crippen LogP contribution is -2.40. The summed E-state index contributed by atoms with van der Waals surface area (Å²) in [6.07, 6.45) is 7.88. The summed E-state index contributed by atoms with van der Waals surface area (Å²) in [6, 6.07) is 2.59. The topological polar surface area (TPSA) is 25.2 Å². The first-order chi connectivity index (χ1) is 9.96. The van der Waals surface area contributed by atoms with Crippen molar-refractivity contribution in [3.8, 4) is 0 Å². The Morgan fingerprint density at radius 3 is 2.62 bits per heavy atom. The third-order valence-electron chi connectivity index (χ3n) is 5.14. The second-order valence-corrected chi connectivity index (χ2v) is 7.72. The third kappa shape index (κ3) is 3.08. The van der Waals surface area contributed by atoms with Crippen LogP contribution in [-0.2, 0) is 13.0 Å². The molecule has 1 unspecified atom stereocenters. The van der Waals surface area contributed by atoms with E-state index in [1.807, 2.05) is 6.07 Å². The second kappa shape index (κ2) is 5.60. The summed E-state index contributed by atoms with van der Waals surface area (Å²) >= 11 is 0. The minimum absolute atomic E-state index is 0.106. The van der Waals surface area contributed by atoms with Gasteiger partial charge in [0.25, 0.3) is 0 Å². The van der Waals surface area contributed by atoms with Crippen molar-refractivity contribution in [1.82, 2.24) is 9.47 Å². The monoisotopic (exact) mass is 288 g/mol. The Morgan fingerprint density at radius 2 is 1.90 bits per heavy atom. The van der Waals surface area contributed by atoms with Crippen LogP contribution in [0.1, 0.15) is 62.5 Å². The van der Waals surface area contributed by atoms with E-state index in [0.717, 1.165) is 18.5 Å². The summed E-state index contributed by atoms with van der Waals surface area (Å²) in [5.74, 6) is 0.325. The number of aromatic nitrogens is 1. The van der Waals surface area contributed by atoms with E-state index in [9.17, 15) is 4.79 Å². The van der Waals surface area contributed by atoms with E-state index in [2.05, 4.69) is 36.4 Å². The SMILES string of the molecule is CC(Cn1ccc2c1CC(C)(C)CC2=O)N1CCCCC1. The molecule has 0 bridgehead atoms. The van der Waals surface area contributed by atoms with Gasteiger partial charge in [-0.05, 0) is 50.8 Å². The fourth-order valence-corrected chi connectivity index (χ4v) is 3.93. The molecule has 0 spiro atoms. The number of carbonyl (C=O) groups excluding carboxylic acids is 1. The van der Waals surface area contributed by atoms with E-state index in [0.29, 0.717) is 18.2 Å². The highest BCUT2D eigenvalue weighted by atomic mass is 16.1. The number of ketones is 1. The van der Waals surface area contributed by atoms with Crippen molar-refractivity contribution in [3.05, 3.63) is 23.5 Å². The molecule has 0 aromatic carbocycles. The zero-order valence-corrected chi connectivity index (χ0v) is 13.7. The van der Waals surface area contributed by atoms with Gasteiger partial charge < -0.3 is 4.57 Å². The van der Waals surface area contributed by atoms with Gasteiger partial charge in [0.15, 0.2) is 5.78 Å². The lowest BCUT2D eigenvalue weighted by molar-refractivity contribution is 0.0908. The summed E-state index contributed by atoms with van der Waals surface area (Å²) in [5.41, 5.74) is 2.34. The molecule has 1 atom stereocenters. The summed E-state index contributed by atoms with van der Waals surface area (Å²) in [5, 5.41) is 0. The van der Waals surface area contributed by atoms with Crippen LogP contribution in [0.15, 0.2) is 12.3 Å². The van der Waals surface area contributed by atoms with Crippen LogP contribution in [-0.4, -0.2) is 34.4 Å². The third-order valence-corrected chi connectivity index (χ3v) is 5.14. The lowest BCUT2D eigenvalue weighted by atomic mass is 9.76. The Labute approximate surface area is 128 Å². The van der Waals surface area contributed by atoms with Crippen LogP contribution >= 0.6 is 0 Å². The molecule has 1 fully saturated rings. The van der Waals surface area contributed by atoms with E-state index in [-0.39, 0.29) is 5.41 Å². The predicted molar refractivity (Wildman–Crippen MR) is 85.8 cm³/mol. The molecule has 0 saturated carbocycles. The Morgan fingerprint density at radius 1 is 1.19 bits per heavy atom. The Hall–Kier alpha value is -1.09. The van der Waals surface area contributed by atoms with Gasteiger partial charge in [0.2, 0.25) is 0 Å². The first-order valence-electron chi connectivity index (χ1n) is 8.41. The summed E-state index contributed by atoms with van der Waals surface area (Å²) < 4.78 is 2.34. The van der Waals surface area contributed by atoms with Crippen LogP contribution < -0.4 is 0 Å². The normalized spacial score (nSPS) is 23.9. The van der Waals surface area contributed by atoms with Gasteiger partial charge in [-0.15, -0.1) is 0 Å². The van der Waals surface area contributed by atoms with E-state index in [1.54, 1.807) is 0 Å². The maximum atomic E-state index is 12.3. The van der Waals surface area contributed by atoms with E-state index < -0.39 is 0 Å². The summed E-state index contributed by atoms with van der Waals surface area (Å²) in [6.45, 7) is 10.2. The van der Waals surface area contributed by atoms with Crippen molar-refractivity contribution in [3.63, 3.8) is 0 Å². The first-order valence-corrected chi connectivity index (χ1v) is 8.41. The highest BCUT2D eigenvalue weighted by molar-refractivity contribution is 5.98. The van der Waals surface area contributed by atoms with Crippen molar-refractivity contribution in [2.75, 3.05) is 13.1 Å². The number of carbonyl (C=O) groups is 1. The molecular weight excluding hydrogens is 260 g/mol. The molecule has 0 radical (unpaired) electrons. The van der Waals surface area contributed by atoms with Gasteiger partial charge >= 0.3 is 0 Å². The number of rotatable bonds is 3. The number of likely N-dealkylation sites (tertiary alicyclic amines) is 1. The zero-order chi connectivity index (χ0) is 15.0. The van der Waals surface area contributed by atoms with E-state index in [1.165, 1.54) is 38.0 Å². The van der Waals surface area contributed by atoms with Crippen LogP contribution in [0.2, 0.25) is 0 Å². The van der Waals surface area contributed by atoms with Gasteiger partial charge in [0, 0.05) is 36.5 Å². The summed E-state index contributed by atoms with van der Waals surface area (Å²) in [4.78, 5) is 14.9. The first kappa shape index (κ1) is 14.8. The minimum atomic E-state index is 0.106. The maximum Gasteiger partial charge on any atom is 0.165 e. The molecule has 1 aromatic rings. The molecule has 116 valence electrons. The Kier molecular flexibility index (Phi) is 3.96. The molecule has 1 saturated heterocycles. The molecule has 2 heterocycles. The lowest BCUT2D eigenvalue weighted by Gasteiger charge is -2.34. The standard InChI is InChI=1S/C18H28N2O/c1-14(19-8-5-4-6-9-19)13-20-10-7-15-16(20)11-18(2,3)12-17(15)21/h7,10,14H,4-6,8-9,11-13H2,1-3H3. The molecule has 3 rings (SSSR count). The van der Waals surface area contributed by atoms with Gasteiger partial charge in [0.05, 0.1) is 0 Å². The number of fused-ring (bicyclic) bond motifs is 1. The van der Waals surface area contributed by atoms with Crippen LogP contribution in [0.4, 0.5) is 0 Å². The average Bonchev–Trinajstić information content (AvgIpc) is 2.81. The second-order valence-electron chi connectivity index (χ2n) is 7.72. The molecule has 3 heteroatoms. The van der Waals surface area contributed by atoms with Crippen LogP contribution in [0.5, 0.6) is 0 Å². The minimum Gasteiger partial charge on any atom is -0.349 e. The fourth-order valence-electron chi connectivity index (χ4n) is 3.93. The molecule has 3 nitrogen and oxygen atoms in total. The molecule has 21 heavy (non-hydrogen) atoms. The van der Waals surface area contributed by atoms with Gasteiger partial charge in [-0.3, -0.25) is 9.69 Å². The molecular formula is C18H28N2O. The van der Waals surface area contributed by atoms with Crippen molar-refractivity contribution in [1.29, 1.82) is 0 Å². The Bertz CT molecular complexity index is 523. The molecule has 1 aliphatic heterocycles. The molecule has 0 amide bonds. The van der Waals surface area contributed by atoms with Crippen molar-refractivity contribution in [2.45, 2.75) is 65.5 Å². The van der Waals surface area contributed by atoms with Crippen LogP contribution in [0.3, 0.4) is 0 Å². The number of hydrogen-bond acceptors (Lipinski definition) is 2. The number of hydrogen-bond donors (Lipinski definition) is 0. The zero-order valence-electron chi connectivity index (χ0n) is 13.7. The van der Waals surface area contributed by atoms with Gasteiger partial charge in [-0.25, -0.2) is 0 Å². The van der Waals surface area contributed by atoms with Crippen molar-refractivity contribution in [2.24, 2.45) is 5.41 Å². The molecule has 2 aliphatic rings. The smallest absolute Gasteiger partial charge is 0.165 e. The Balaban J connectivity index is 1.76. The van der Waals surface area contributed by atoms with Gasteiger partial charge in [-0.1, -0.05) is 20.3 Å². The summed E-state index contributed by atoms with van der Waals surface area (Å²) in [7, 11) is 0. The number of piperidine rings is 1.